The maximum absolute atomic E-state index is 5.92. The molecule has 0 radical (unpaired) electrons. The van der Waals surface area contributed by atoms with E-state index in [1.54, 1.807) is 7.11 Å². The minimum atomic E-state index is 0.108. The monoisotopic (exact) mass is 264 g/mol. The summed E-state index contributed by atoms with van der Waals surface area (Å²) in [5.74, 6) is 0. The number of rotatable bonds is 7. The van der Waals surface area contributed by atoms with Crippen molar-refractivity contribution in [2.75, 3.05) is 44.9 Å². The van der Waals surface area contributed by atoms with Crippen LogP contribution in [-0.4, -0.2) is 40.0 Å². The molecule has 0 bridgehead atoms. The fourth-order valence-electron chi connectivity index (χ4n) is 2.42. The van der Waals surface area contributed by atoms with Crippen LogP contribution in [0.25, 0.3) is 0 Å². The van der Waals surface area contributed by atoms with Crippen LogP contribution in [-0.2, 0) is 15.9 Å². The van der Waals surface area contributed by atoms with Gasteiger partial charge in [0, 0.05) is 31.9 Å². The fraction of sp³-hybridized carbons (Fsp3) is 0.600. The maximum Gasteiger partial charge on any atom is 0.0701 e. The van der Waals surface area contributed by atoms with Crippen LogP contribution in [0.2, 0.25) is 0 Å². The van der Waals surface area contributed by atoms with Crippen LogP contribution in [0.15, 0.2) is 18.2 Å². The first-order valence-corrected chi connectivity index (χ1v) is 6.92. The number of methoxy groups -OCH3 is 1. The highest BCUT2D eigenvalue weighted by molar-refractivity contribution is 5.59. The van der Waals surface area contributed by atoms with Gasteiger partial charge in [-0.15, -0.1) is 0 Å². The number of fused-ring (bicyclic) bond motifs is 1. The van der Waals surface area contributed by atoms with Crippen LogP contribution in [0, 0.1) is 0 Å². The van der Waals surface area contributed by atoms with Crippen LogP contribution in [0.4, 0.5) is 5.69 Å². The van der Waals surface area contributed by atoms with E-state index in [9.17, 15) is 0 Å². The lowest BCUT2D eigenvalue weighted by molar-refractivity contribution is 0.0742. The predicted molar refractivity (Wildman–Crippen MR) is 77.7 cm³/mol. The van der Waals surface area contributed by atoms with Crippen molar-refractivity contribution in [2.45, 2.75) is 19.4 Å². The molecule has 4 nitrogen and oxygen atoms in total. The van der Waals surface area contributed by atoms with Crippen LogP contribution >= 0.6 is 0 Å². The van der Waals surface area contributed by atoms with Crippen molar-refractivity contribution < 1.29 is 9.47 Å². The van der Waals surface area contributed by atoms with Crippen molar-refractivity contribution in [1.29, 1.82) is 0 Å². The maximum atomic E-state index is 5.92. The van der Waals surface area contributed by atoms with Gasteiger partial charge in [0.25, 0.3) is 0 Å². The molecule has 1 aromatic rings. The molecule has 1 aliphatic heterocycles. The summed E-state index contributed by atoms with van der Waals surface area (Å²) in [6.07, 6.45) is 1.11. The number of benzene rings is 1. The molecule has 0 saturated heterocycles. The quantitative estimate of drug-likeness (QED) is 0.762. The summed E-state index contributed by atoms with van der Waals surface area (Å²) in [6, 6.07) is 6.67. The summed E-state index contributed by atoms with van der Waals surface area (Å²) >= 11 is 0. The average molecular weight is 264 g/mol. The van der Waals surface area contributed by atoms with Crippen molar-refractivity contribution in [3.63, 3.8) is 0 Å². The van der Waals surface area contributed by atoms with E-state index < -0.39 is 0 Å². The van der Waals surface area contributed by atoms with Gasteiger partial charge < -0.3 is 20.1 Å². The summed E-state index contributed by atoms with van der Waals surface area (Å²) < 4.78 is 10.5. The average Bonchev–Trinajstić information content (AvgIpc) is 2.81. The van der Waals surface area contributed by atoms with Crippen molar-refractivity contribution in [2.24, 2.45) is 5.73 Å². The van der Waals surface area contributed by atoms with Gasteiger partial charge in [0.2, 0.25) is 0 Å². The standard InChI is InChI=1S/C15H24N2O2/c1-12(16)13-3-4-15-14(11-13)5-6-17(15)7-8-19-10-9-18-2/h3-4,11-12H,5-10,16H2,1-2H3. The molecule has 1 heterocycles. The Morgan fingerprint density at radius 1 is 1.32 bits per heavy atom. The zero-order valence-corrected chi connectivity index (χ0v) is 11.9. The number of ether oxygens (including phenoxy) is 2. The van der Waals surface area contributed by atoms with Crippen LogP contribution < -0.4 is 10.6 Å². The first kappa shape index (κ1) is 14.3. The lowest BCUT2D eigenvalue weighted by atomic mass is 10.0. The van der Waals surface area contributed by atoms with Gasteiger partial charge in [-0.1, -0.05) is 12.1 Å². The van der Waals surface area contributed by atoms with E-state index in [4.69, 9.17) is 15.2 Å². The minimum absolute atomic E-state index is 0.108. The molecule has 4 heteroatoms. The highest BCUT2D eigenvalue weighted by atomic mass is 16.5. The number of anilines is 1. The second-order valence-corrected chi connectivity index (χ2v) is 5.02. The van der Waals surface area contributed by atoms with Crippen molar-refractivity contribution in [3.8, 4) is 0 Å². The topological polar surface area (TPSA) is 47.7 Å². The molecular formula is C15H24N2O2. The van der Waals surface area contributed by atoms with Gasteiger partial charge >= 0.3 is 0 Å². The number of hydrogen-bond donors (Lipinski definition) is 1. The zero-order chi connectivity index (χ0) is 13.7. The fourth-order valence-corrected chi connectivity index (χ4v) is 2.42. The molecule has 0 saturated carbocycles. The molecule has 0 aromatic heterocycles. The van der Waals surface area contributed by atoms with Crippen LogP contribution in [0.5, 0.6) is 0 Å². The molecule has 0 amide bonds. The lowest BCUT2D eigenvalue weighted by Crippen LogP contribution is -2.25. The smallest absolute Gasteiger partial charge is 0.0701 e. The Balaban J connectivity index is 1.87. The second-order valence-electron chi connectivity index (χ2n) is 5.02. The summed E-state index contributed by atoms with van der Waals surface area (Å²) in [5, 5.41) is 0. The Kier molecular flexibility index (Phi) is 5.19. The van der Waals surface area contributed by atoms with Gasteiger partial charge in [0.15, 0.2) is 0 Å². The second kappa shape index (κ2) is 6.89. The molecule has 106 valence electrons. The predicted octanol–water partition coefficient (Wildman–Crippen LogP) is 1.73. The van der Waals surface area contributed by atoms with Gasteiger partial charge in [-0.2, -0.15) is 0 Å². The Hall–Kier alpha value is -1.10. The van der Waals surface area contributed by atoms with E-state index >= 15 is 0 Å². The SMILES string of the molecule is COCCOCCN1CCc2cc(C(C)N)ccc21. The molecule has 1 aromatic carbocycles. The third kappa shape index (κ3) is 3.69. The van der Waals surface area contributed by atoms with E-state index in [0.29, 0.717) is 13.2 Å². The van der Waals surface area contributed by atoms with Gasteiger partial charge in [-0.05, 0) is 30.5 Å². The number of nitrogens with two attached hydrogens (primary N) is 1. The van der Waals surface area contributed by atoms with E-state index in [2.05, 4.69) is 23.1 Å². The molecule has 1 atom stereocenters. The summed E-state index contributed by atoms with van der Waals surface area (Å²) in [4.78, 5) is 2.38. The Labute approximate surface area is 115 Å². The third-order valence-corrected chi connectivity index (χ3v) is 3.56. The highest BCUT2D eigenvalue weighted by Crippen LogP contribution is 2.29. The molecular weight excluding hydrogens is 240 g/mol. The van der Waals surface area contributed by atoms with E-state index in [1.807, 2.05) is 6.92 Å². The van der Waals surface area contributed by atoms with Gasteiger partial charge in [0.05, 0.1) is 19.8 Å². The van der Waals surface area contributed by atoms with Gasteiger partial charge in [-0.25, -0.2) is 0 Å². The zero-order valence-electron chi connectivity index (χ0n) is 11.9. The van der Waals surface area contributed by atoms with Gasteiger partial charge in [0.1, 0.15) is 0 Å². The number of hydrogen-bond acceptors (Lipinski definition) is 4. The largest absolute Gasteiger partial charge is 0.382 e. The number of nitrogens with zero attached hydrogens (tertiary/aromatic N) is 1. The molecule has 1 unspecified atom stereocenters. The molecule has 0 aliphatic carbocycles. The Morgan fingerprint density at radius 2 is 2.16 bits per heavy atom. The Morgan fingerprint density at radius 3 is 2.89 bits per heavy atom. The van der Waals surface area contributed by atoms with Crippen molar-refractivity contribution >= 4 is 5.69 Å². The molecule has 0 fully saturated rings. The van der Waals surface area contributed by atoms with Crippen molar-refractivity contribution in [1.82, 2.24) is 0 Å². The normalized spacial score (nSPS) is 15.6. The lowest BCUT2D eigenvalue weighted by Gasteiger charge is -2.19. The van der Waals surface area contributed by atoms with Crippen LogP contribution in [0.1, 0.15) is 24.1 Å². The third-order valence-electron chi connectivity index (χ3n) is 3.56. The minimum Gasteiger partial charge on any atom is -0.382 e. The van der Waals surface area contributed by atoms with Gasteiger partial charge in [-0.3, -0.25) is 0 Å². The Bertz CT molecular complexity index is 407. The van der Waals surface area contributed by atoms with Crippen molar-refractivity contribution in [3.05, 3.63) is 29.3 Å². The van der Waals surface area contributed by atoms with E-state index in [-0.39, 0.29) is 6.04 Å². The van der Waals surface area contributed by atoms with E-state index in [1.165, 1.54) is 16.8 Å². The molecule has 2 N–H and O–H groups in total. The molecule has 2 rings (SSSR count). The molecule has 19 heavy (non-hydrogen) atoms. The highest BCUT2D eigenvalue weighted by Gasteiger charge is 2.19. The summed E-state index contributed by atoms with van der Waals surface area (Å²) in [6.45, 7) is 6.12. The van der Waals surface area contributed by atoms with Crippen LogP contribution in [0.3, 0.4) is 0 Å². The molecule has 0 spiro atoms. The first-order valence-electron chi connectivity index (χ1n) is 6.92. The molecule has 1 aliphatic rings. The van der Waals surface area contributed by atoms with E-state index in [0.717, 1.165) is 26.1 Å². The summed E-state index contributed by atoms with van der Waals surface area (Å²) in [7, 11) is 1.69. The first-order chi connectivity index (χ1) is 9.22. The summed E-state index contributed by atoms with van der Waals surface area (Å²) in [5.41, 5.74) is 9.89.